The van der Waals surface area contributed by atoms with Crippen molar-refractivity contribution >= 4 is 23.7 Å². The Kier molecular flexibility index (Phi) is 12.5. The molecule has 0 aromatic rings. The lowest BCUT2D eigenvalue weighted by atomic mass is 10.1. The molecule has 0 spiro atoms. The number of aliphatic hydroxyl groups is 1. The molecule has 0 aliphatic carbocycles. The maximum atomic E-state index is 12.4. The van der Waals surface area contributed by atoms with Crippen molar-refractivity contribution in [2.45, 2.75) is 50.2 Å². The number of carbonyl (C=O) groups is 3. The van der Waals surface area contributed by atoms with Crippen LogP contribution >= 0.6 is 0 Å². The molecular formula is C15H31N7O5. The summed E-state index contributed by atoms with van der Waals surface area (Å²) in [6.45, 7) is 0.0660. The first-order valence-corrected chi connectivity index (χ1v) is 8.68. The maximum Gasteiger partial charge on any atom is 0.326 e. The molecule has 0 rings (SSSR count). The minimum Gasteiger partial charge on any atom is -0.480 e. The number of rotatable bonds is 14. The number of unbranched alkanes of at least 4 members (excludes halogenated alkanes) is 1. The molecule has 0 heterocycles. The van der Waals surface area contributed by atoms with Gasteiger partial charge in [-0.25, -0.2) is 4.79 Å². The molecule has 12 N–H and O–H groups in total. The number of hydrogen-bond donors (Lipinski definition) is 8. The molecule has 0 bridgehead atoms. The van der Waals surface area contributed by atoms with E-state index in [2.05, 4.69) is 15.6 Å². The minimum absolute atomic E-state index is 0.103. The van der Waals surface area contributed by atoms with Gasteiger partial charge in [-0.2, -0.15) is 0 Å². The summed E-state index contributed by atoms with van der Waals surface area (Å²) in [6, 6.07) is -3.32. The normalized spacial score (nSPS) is 13.9. The van der Waals surface area contributed by atoms with Gasteiger partial charge >= 0.3 is 5.97 Å². The molecule has 12 heteroatoms. The molecule has 0 aromatic carbocycles. The smallest absolute Gasteiger partial charge is 0.326 e. The fourth-order valence-corrected chi connectivity index (χ4v) is 2.16. The fraction of sp³-hybridized carbons (Fsp3) is 0.733. The van der Waals surface area contributed by atoms with Gasteiger partial charge in [-0.05, 0) is 38.6 Å². The van der Waals surface area contributed by atoms with Crippen LogP contribution in [0.5, 0.6) is 0 Å². The van der Waals surface area contributed by atoms with E-state index in [1.807, 2.05) is 0 Å². The van der Waals surface area contributed by atoms with E-state index in [9.17, 15) is 19.5 Å². The Labute approximate surface area is 157 Å². The number of amides is 2. The summed E-state index contributed by atoms with van der Waals surface area (Å²) in [5.74, 6) is -2.68. The Morgan fingerprint density at radius 2 is 1.56 bits per heavy atom. The molecule has 0 aromatic heterocycles. The highest BCUT2D eigenvalue weighted by molar-refractivity contribution is 5.91. The number of nitrogens with one attached hydrogen (secondary N) is 2. The Balaban J connectivity index is 4.89. The third-order valence-electron chi connectivity index (χ3n) is 3.67. The van der Waals surface area contributed by atoms with Crippen LogP contribution in [-0.4, -0.2) is 71.8 Å². The zero-order valence-electron chi connectivity index (χ0n) is 15.3. The summed E-state index contributed by atoms with van der Waals surface area (Å²) in [5.41, 5.74) is 21.2. The third-order valence-corrected chi connectivity index (χ3v) is 3.67. The number of hydrogen-bond acceptors (Lipinski definition) is 7. The van der Waals surface area contributed by atoms with Gasteiger partial charge in [0.2, 0.25) is 11.8 Å². The Bertz CT molecular complexity index is 511. The number of carbonyl (C=O) groups excluding carboxylic acids is 2. The first-order valence-electron chi connectivity index (χ1n) is 8.68. The van der Waals surface area contributed by atoms with E-state index in [-0.39, 0.29) is 25.3 Å². The van der Waals surface area contributed by atoms with Gasteiger partial charge < -0.3 is 43.8 Å². The van der Waals surface area contributed by atoms with E-state index < -0.39 is 42.5 Å². The summed E-state index contributed by atoms with van der Waals surface area (Å²) in [7, 11) is 0. The van der Waals surface area contributed by atoms with Crippen molar-refractivity contribution in [3.63, 3.8) is 0 Å². The number of nitrogens with two attached hydrogens (primary N) is 4. The van der Waals surface area contributed by atoms with Crippen LogP contribution in [0.15, 0.2) is 4.99 Å². The standard InChI is InChI=1S/C15H31N7O5/c16-6-2-1-4-10(21-12(24)9(17)8-23)13(25)22-11(14(26)27)5-3-7-20-15(18)19/h9-11,23H,1-8,16-17H2,(H,21,24)(H,22,25)(H,26,27)(H4,18,19,20)/t9-,10-,11-/m0/s1. The third kappa shape index (κ3) is 11.0. The number of aliphatic hydroxyl groups excluding tert-OH is 1. The molecule has 0 saturated heterocycles. The van der Waals surface area contributed by atoms with Crippen molar-refractivity contribution in [2.24, 2.45) is 27.9 Å². The van der Waals surface area contributed by atoms with Crippen LogP contribution in [0.3, 0.4) is 0 Å². The Hall–Kier alpha value is -2.44. The number of carboxylic acids is 1. The van der Waals surface area contributed by atoms with E-state index >= 15 is 0 Å². The van der Waals surface area contributed by atoms with Crippen molar-refractivity contribution < 1.29 is 24.6 Å². The minimum atomic E-state index is -1.22. The quantitative estimate of drug-likeness (QED) is 0.0836. The summed E-state index contributed by atoms with van der Waals surface area (Å²) in [4.78, 5) is 39.4. The van der Waals surface area contributed by atoms with Crippen LogP contribution in [0.1, 0.15) is 32.1 Å². The SMILES string of the molecule is NCCCC[C@H](NC(=O)[C@@H](N)CO)C(=O)N[C@@H](CCCN=C(N)N)C(=O)O. The molecule has 0 unspecified atom stereocenters. The summed E-state index contributed by atoms with van der Waals surface area (Å²) < 4.78 is 0. The summed E-state index contributed by atoms with van der Waals surface area (Å²) in [6.07, 6.45) is 1.89. The summed E-state index contributed by atoms with van der Waals surface area (Å²) in [5, 5.41) is 23.0. The van der Waals surface area contributed by atoms with Crippen molar-refractivity contribution in [1.29, 1.82) is 0 Å². The van der Waals surface area contributed by atoms with Crippen molar-refractivity contribution in [2.75, 3.05) is 19.7 Å². The molecule has 0 aliphatic heterocycles. The van der Waals surface area contributed by atoms with E-state index in [1.165, 1.54) is 0 Å². The Morgan fingerprint density at radius 1 is 0.963 bits per heavy atom. The second-order valence-electron chi connectivity index (χ2n) is 5.98. The van der Waals surface area contributed by atoms with Crippen LogP contribution in [0, 0.1) is 0 Å². The zero-order chi connectivity index (χ0) is 20.8. The number of nitrogens with zero attached hydrogens (tertiary/aromatic N) is 1. The lowest BCUT2D eigenvalue weighted by Crippen LogP contribution is -2.55. The second-order valence-corrected chi connectivity index (χ2v) is 5.98. The van der Waals surface area contributed by atoms with Gasteiger partial charge in [0.25, 0.3) is 0 Å². The molecule has 27 heavy (non-hydrogen) atoms. The molecule has 0 saturated carbocycles. The maximum absolute atomic E-state index is 12.4. The van der Waals surface area contributed by atoms with Crippen LogP contribution in [0.25, 0.3) is 0 Å². The molecular weight excluding hydrogens is 358 g/mol. The number of aliphatic imine (C=N–C) groups is 1. The van der Waals surface area contributed by atoms with Crippen molar-refractivity contribution in [3.05, 3.63) is 0 Å². The first kappa shape index (κ1) is 24.6. The molecule has 0 fully saturated rings. The molecule has 12 nitrogen and oxygen atoms in total. The number of guanidine groups is 1. The van der Waals surface area contributed by atoms with Gasteiger partial charge in [0.1, 0.15) is 18.1 Å². The van der Waals surface area contributed by atoms with Crippen LogP contribution in [0.4, 0.5) is 0 Å². The van der Waals surface area contributed by atoms with E-state index in [0.29, 0.717) is 25.8 Å². The predicted octanol–water partition coefficient (Wildman–Crippen LogP) is -3.46. The van der Waals surface area contributed by atoms with Crippen molar-refractivity contribution in [3.8, 4) is 0 Å². The largest absolute Gasteiger partial charge is 0.480 e. The molecule has 0 radical (unpaired) electrons. The predicted molar refractivity (Wildman–Crippen MR) is 99.4 cm³/mol. The number of aliphatic carboxylic acids is 1. The highest BCUT2D eigenvalue weighted by Gasteiger charge is 2.27. The Morgan fingerprint density at radius 3 is 2.07 bits per heavy atom. The highest BCUT2D eigenvalue weighted by atomic mass is 16.4. The fourth-order valence-electron chi connectivity index (χ4n) is 2.16. The van der Waals surface area contributed by atoms with E-state index in [1.54, 1.807) is 0 Å². The molecule has 2 amide bonds. The highest BCUT2D eigenvalue weighted by Crippen LogP contribution is 2.04. The molecule has 0 aliphatic rings. The lowest BCUT2D eigenvalue weighted by Gasteiger charge is -2.22. The average Bonchev–Trinajstić information content (AvgIpc) is 2.61. The first-order chi connectivity index (χ1) is 12.7. The molecule has 3 atom stereocenters. The van der Waals surface area contributed by atoms with Gasteiger partial charge in [-0.1, -0.05) is 0 Å². The zero-order valence-corrected chi connectivity index (χ0v) is 15.3. The van der Waals surface area contributed by atoms with Crippen LogP contribution in [0.2, 0.25) is 0 Å². The second kappa shape index (κ2) is 13.7. The van der Waals surface area contributed by atoms with Gasteiger partial charge in [0.15, 0.2) is 5.96 Å². The van der Waals surface area contributed by atoms with Gasteiger partial charge in [-0.3, -0.25) is 14.6 Å². The van der Waals surface area contributed by atoms with E-state index in [0.717, 1.165) is 0 Å². The van der Waals surface area contributed by atoms with E-state index in [4.69, 9.17) is 28.0 Å². The lowest BCUT2D eigenvalue weighted by molar-refractivity contribution is -0.142. The molecule has 156 valence electrons. The van der Waals surface area contributed by atoms with Crippen molar-refractivity contribution in [1.82, 2.24) is 10.6 Å². The monoisotopic (exact) mass is 389 g/mol. The van der Waals surface area contributed by atoms with Gasteiger partial charge in [-0.15, -0.1) is 0 Å². The number of carboxylic acid groups (broad SMARTS) is 1. The van der Waals surface area contributed by atoms with Crippen LogP contribution < -0.4 is 33.6 Å². The summed E-state index contributed by atoms with van der Waals surface area (Å²) >= 11 is 0. The topological polar surface area (TPSA) is 232 Å². The van der Waals surface area contributed by atoms with Gasteiger partial charge in [0.05, 0.1) is 6.61 Å². The average molecular weight is 389 g/mol. The van der Waals surface area contributed by atoms with Crippen LogP contribution in [-0.2, 0) is 14.4 Å². The van der Waals surface area contributed by atoms with Gasteiger partial charge in [0, 0.05) is 6.54 Å².